The van der Waals surface area contributed by atoms with Crippen molar-refractivity contribution in [2.75, 3.05) is 6.54 Å². The first-order valence-electron chi connectivity index (χ1n) is 9.56. The number of rotatable bonds is 9. The fraction of sp³-hybridized carbons (Fsp3) is 0.619. The van der Waals surface area contributed by atoms with E-state index in [-0.39, 0.29) is 18.7 Å². The van der Waals surface area contributed by atoms with Gasteiger partial charge in [0.15, 0.2) is 0 Å². The van der Waals surface area contributed by atoms with Crippen LogP contribution in [-0.4, -0.2) is 41.2 Å². The quantitative estimate of drug-likeness (QED) is 0.521. The minimum atomic E-state index is -0.650. The van der Waals surface area contributed by atoms with Gasteiger partial charge in [0.1, 0.15) is 18.2 Å². The normalized spacial score (nSPS) is 12.6. The molecule has 1 rings (SSSR count). The number of unbranched alkanes of at least 4 members (excludes halogenated alkanes) is 1. The molecule has 0 heterocycles. The van der Waals surface area contributed by atoms with Crippen molar-refractivity contribution in [1.29, 1.82) is 0 Å². The molecule has 1 aromatic rings. The molecule has 0 bridgehead atoms. The second-order valence-corrected chi connectivity index (χ2v) is 7.96. The standard InChI is InChI=1S/C21H34N2O4/c1-16(2)23(20(25)27-21(3,4)5)14-10-9-13-18(22)19(24)26-15-17-11-7-6-8-12-17/h6-8,11-12,16,18H,9-10,13-15,22H2,1-5H3/t18-/m0/s1. The van der Waals surface area contributed by atoms with Gasteiger partial charge < -0.3 is 20.1 Å². The maximum absolute atomic E-state index is 12.3. The fourth-order valence-corrected chi connectivity index (χ4v) is 2.48. The van der Waals surface area contributed by atoms with Gasteiger partial charge in [-0.25, -0.2) is 4.79 Å². The smallest absolute Gasteiger partial charge is 0.410 e. The van der Waals surface area contributed by atoms with E-state index in [9.17, 15) is 9.59 Å². The van der Waals surface area contributed by atoms with Crippen LogP contribution in [0, 0.1) is 0 Å². The van der Waals surface area contributed by atoms with Gasteiger partial charge in [-0.3, -0.25) is 4.79 Å². The van der Waals surface area contributed by atoms with Crippen LogP contribution in [-0.2, 0) is 20.9 Å². The van der Waals surface area contributed by atoms with Crippen LogP contribution >= 0.6 is 0 Å². The Morgan fingerprint density at radius 3 is 2.30 bits per heavy atom. The van der Waals surface area contributed by atoms with Crippen molar-refractivity contribution in [2.45, 2.75) is 78.2 Å². The lowest BCUT2D eigenvalue weighted by molar-refractivity contribution is -0.146. The highest BCUT2D eigenvalue weighted by Crippen LogP contribution is 2.13. The third-order valence-electron chi connectivity index (χ3n) is 3.94. The summed E-state index contributed by atoms with van der Waals surface area (Å²) >= 11 is 0. The van der Waals surface area contributed by atoms with Gasteiger partial charge in [-0.05, 0) is 59.4 Å². The van der Waals surface area contributed by atoms with E-state index >= 15 is 0 Å². The van der Waals surface area contributed by atoms with Gasteiger partial charge in [-0.1, -0.05) is 30.3 Å². The van der Waals surface area contributed by atoms with E-state index in [4.69, 9.17) is 15.2 Å². The van der Waals surface area contributed by atoms with Crippen molar-refractivity contribution in [1.82, 2.24) is 4.90 Å². The van der Waals surface area contributed by atoms with Gasteiger partial charge in [0.25, 0.3) is 0 Å². The minimum absolute atomic E-state index is 0.0457. The highest BCUT2D eigenvalue weighted by Gasteiger charge is 2.24. The molecule has 1 amide bonds. The maximum atomic E-state index is 12.3. The Kier molecular flexibility index (Phi) is 9.29. The Balaban J connectivity index is 2.33. The summed E-state index contributed by atoms with van der Waals surface area (Å²) in [6.45, 7) is 10.3. The van der Waals surface area contributed by atoms with Crippen LogP contribution in [0.5, 0.6) is 0 Å². The van der Waals surface area contributed by atoms with Gasteiger partial charge in [-0.2, -0.15) is 0 Å². The Hall–Kier alpha value is -2.08. The largest absolute Gasteiger partial charge is 0.460 e. The summed E-state index contributed by atoms with van der Waals surface area (Å²) in [5.41, 5.74) is 6.34. The molecule has 27 heavy (non-hydrogen) atoms. The van der Waals surface area contributed by atoms with E-state index in [1.165, 1.54) is 0 Å². The summed E-state index contributed by atoms with van der Waals surface area (Å²) in [6.07, 6.45) is 1.68. The van der Waals surface area contributed by atoms with Crippen molar-refractivity contribution in [3.8, 4) is 0 Å². The maximum Gasteiger partial charge on any atom is 0.410 e. The summed E-state index contributed by atoms with van der Waals surface area (Å²) in [4.78, 5) is 25.9. The first-order chi connectivity index (χ1) is 12.6. The second kappa shape index (κ2) is 10.9. The highest BCUT2D eigenvalue weighted by molar-refractivity contribution is 5.75. The summed E-state index contributed by atoms with van der Waals surface area (Å²) in [7, 11) is 0. The zero-order chi connectivity index (χ0) is 20.4. The van der Waals surface area contributed by atoms with Gasteiger partial charge in [-0.15, -0.1) is 0 Å². The molecule has 0 radical (unpaired) electrons. The molecule has 0 unspecified atom stereocenters. The van der Waals surface area contributed by atoms with Crippen LogP contribution in [0.25, 0.3) is 0 Å². The molecular weight excluding hydrogens is 344 g/mol. The first-order valence-corrected chi connectivity index (χ1v) is 9.56. The Labute approximate surface area is 163 Å². The number of nitrogens with two attached hydrogens (primary N) is 1. The first kappa shape index (κ1) is 23.0. The summed E-state index contributed by atoms with van der Waals surface area (Å²) < 4.78 is 10.7. The van der Waals surface area contributed by atoms with Crippen molar-refractivity contribution < 1.29 is 19.1 Å². The van der Waals surface area contributed by atoms with Gasteiger partial charge in [0, 0.05) is 12.6 Å². The zero-order valence-corrected chi connectivity index (χ0v) is 17.2. The lowest BCUT2D eigenvalue weighted by Crippen LogP contribution is -2.41. The van der Waals surface area contributed by atoms with Gasteiger partial charge >= 0.3 is 12.1 Å². The lowest BCUT2D eigenvalue weighted by Gasteiger charge is -2.30. The van der Waals surface area contributed by atoms with Crippen LogP contribution in [0.1, 0.15) is 59.4 Å². The molecule has 0 saturated carbocycles. The van der Waals surface area contributed by atoms with E-state index in [0.717, 1.165) is 18.4 Å². The molecule has 1 atom stereocenters. The highest BCUT2D eigenvalue weighted by atomic mass is 16.6. The van der Waals surface area contributed by atoms with Crippen LogP contribution in [0.3, 0.4) is 0 Å². The number of ether oxygens (including phenoxy) is 2. The van der Waals surface area contributed by atoms with Crippen molar-refractivity contribution in [3.63, 3.8) is 0 Å². The van der Waals surface area contributed by atoms with E-state index < -0.39 is 17.6 Å². The molecule has 1 aromatic carbocycles. The second-order valence-electron chi connectivity index (χ2n) is 7.96. The molecule has 152 valence electrons. The molecule has 0 saturated heterocycles. The van der Waals surface area contributed by atoms with Crippen molar-refractivity contribution >= 4 is 12.1 Å². The molecule has 0 spiro atoms. The molecular formula is C21H34N2O4. The van der Waals surface area contributed by atoms with Crippen LogP contribution < -0.4 is 5.73 Å². The van der Waals surface area contributed by atoms with Crippen LogP contribution in [0.2, 0.25) is 0 Å². The third-order valence-corrected chi connectivity index (χ3v) is 3.94. The summed E-state index contributed by atoms with van der Waals surface area (Å²) in [6, 6.07) is 8.90. The molecule has 0 aromatic heterocycles. The van der Waals surface area contributed by atoms with Crippen molar-refractivity contribution in [2.24, 2.45) is 5.73 Å². The summed E-state index contributed by atoms with van der Waals surface area (Å²) in [5, 5.41) is 0. The predicted molar refractivity (Wildman–Crippen MR) is 106 cm³/mol. The number of esters is 1. The number of carbonyl (C=O) groups excluding carboxylic acids is 2. The molecule has 0 aliphatic carbocycles. The number of hydrogen-bond acceptors (Lipinski definition) is 5. The Bertz CT molecular complexity index is 582. The monoisotopic (exact) mass is 378 g/mol. The van der Waals surface area contributed by atoms with E-state index in [1.54, 1.807) is 4.90 Å². The number of nitrogens with zero attached hydrogens (tertiary/aromatic N) is 1. The molecule has 6 nitrogen and oxygen atoms in total. The predicted octanol–water partition coefficient (Wildman–Crippen LogP) is 3.87. The molecule has 6 heteroatoms. The average Bonchev–Trinajstić information content (AvgIpc) is 2.58. The topological polar surface area (TPSA) is 81.9 Å². The number of amides is 1. The SMILES string of the molecule is CC(C)N(CCCC[C@H](N)C(=O)OCc1ccccc1)C(=O)OC(C)(C)C. The minimum Gasteiger partial charge on any atom is -0.460 e. The van der Waals surface area contributed by atoms with Gasteiger partial charge in [0.2, 0.25) is 0 Å². The lowest BCUT2D eigenvalue weighted by atomic mass is 10.1. The molecule has 2 N–H and O–H groups in total. The number of benzene rings is 1. The van der Waals surface area contributed by atoms with E-state index in [1.807, 2.05) is 65.0 Å². The van der Waals surface area contributed by atoms with Crippen LogP contribution in [0.4, 0.5) is 4.79 Å². The van der Waals surface area contributed by atoms with Crippen molar-refractivity contribution in [3.05, 3.63) is 35.9 Å². The van der Waals surface area contributed by atoms with E-state index in [2.05, 4.69) is 0 Å². The molecule has 0 aliphatic rings. The van der Waals surface area contributed by atoms with Gasteiger partial charge in [0.05, 0.1) is 0 Å². The average molecular weight is 379 g/mol. The Morgan fingerprint density at radius 2 is 1.74 bits per heavy atom. The third kappa shape index (κ3) is 9.43. The fourth-order valence-electron chi connectivity index (χ4n) is 2.48. The molecule has 0 fully saturated rings. The Morgan fingerprint density at radius 1 is 1.11 bits per heavy atom. The number of hydrogen-bond donors (Lipinski definition) is 1. The molecule has 0 aliphatic heterocycles. The zero-order valence-electron chi connectivity index (χ0n) is 17.2. The van der Waals surface area contributed by atoms with E-state index in [0.29, 0.717) is 13.0 Å². The number of carbonyl (C=O) groups is 2. The van der Waals surface area contributed by atoms with Crippen LogP contribution in [0.15, 0.2) is 30.3 Å². The summed E-state index contributed by atoms with van der Waals surface area (Å²) in [5.74, 6) is -0.397.